The molecular formula is C17H24ClN3O2. The van der Waals surface area contributed by atoms with Crippen molar-refractivity contribution < 1.29 is 9.59 Å². The van der Waals surface area contributed by atoms with Crippen molar-refractivity contribution in [1.82, 2.24) is 9.88 Å². The average molecular weight is 338 g/mol. The van der Waals surface area contributed by atoms with Crippen LogP contribution < -0.4 is 5.32 Å². The molecule has 0 saturated carbocycles. The summed E-state index contributed by atoms with van der Waals surface area (Å²) < 4.78 is 0. The van der Waals surface area contributed by atoms with E-state index in [-0.39, 0.29) is 23.1 Å². The first kappa shape index (κ1) is 17.7. The predicted molar refractivity (Wildman–Crippen MR) is 91.3 cm³/mol. The molecule has 1 saturated heterocycles. The lowest BCUT2D eigenvalue weighted by Gasteiger charge is -2.36. The van der Waals surface area contributed by atoms with E-state index in [1.165, 1.54) is 6.20 Å². The van der Waals surface area contributed by atoms with Gasteiger partial charge in [-0.1, -0.05) is 32.4 Å². The number of nitrogens with zero attached hydrogens (tertiary/aromatic N) is 2. The molecule has 5 nitrogen and oxygen atoms in total. The Bertz CT molecular complexity index is 564. The van der Waals surface area contributed by atoms with Gasteiger partial charge in [0.1, 0.15) is 5.82 Å². The second kappa shape index (κ2) is 7.30. The summed E-state index contributed by atoms with van der Waals surface area (Å²) in [7, 11) is 0. The van der Waals surface area contributed by atoms with Crippen LogP contribution in [0.25, 0.3) is 0 Å². The Hall–Kier alpha value is -1.62. The van der Waals surface area contributed by atoms with Crippen LogP contribution in [0.15, 0.2) is 18.3 Å². The van der Waals surface area contributed by atoms with E-state index in [1.54, 1.807) is 12.1 Å². The largest absolute Gasteiger partial charge is 0.342 e. The highest BCUT2D eigenvalue weighted by Crippen LogP contribution is 2.27. The molecule has 6 heteroatoms. The van der Waals surface area contributed by atoms with Crippen LogP contribution in [0.2, 0.25) is 5.02 Å². The van der Waals surface area contributed by atoms with E-state index >= 15 is 0 Å². The Morgan fingerprint density at radius 2 is 2.00 bits per heavy atom. The molecule has 2 heterocycles. The molecule has 1 aromatic rings. The van der Waals surface area contributed by atoms with E-state index in [1.807, 2.05) is 25.7 Å². The second-order valence-electron chi connectivity index (χ2n) is 6.65. The fraction of sp³-hybridized carbons (Fsp3) is 0.588. The highest BCUT2D eigenvalue weighted by Gasteiger charge is 2.34. The number of piperidine rings is 1. The van der Waals surface area contributed by atoms with Gasteiger partial charge in [-0.3, -0.25) is 9.59 Å². The van der Waals surface area contributed by atoms with Crippen molar-refractivity contribution in [2.24, 2.45) is 11.3 Å². The number of hydrogen-bond acceptors (Lipinski definition) is 3. The number of likely N-dealkylation sites (tertiary alicyclic amines) is 1. The van der Waals surface area contributed by atoms with Crippen molar-refractivity contribution >= 4 is 29.2 Å². The van der Waals surface area contributed by atoms with Gasteiger partial charge in [-0.05, 0) is 31.4 Å². The molecule has 0 aliphatic carbocycles. The van der Waals surface area contributed by atoms with Gasteiger partial charge >= 0.3 is 0 Å². The van der Waals surface area contributed by atoms with Crippen LogP contribution >= 0.6 is 11.6 Å². The summed E-state index contributed by atoms with van der Waals surface area (Å²) in [6.07, 6.45) is 3.69. The van der Waals surface area contributed by atoms with Gasteiger partial charge in [0.05, 0.1) is 5.02 Å². The Morgan fingerprint density at radius 1 is 1.35 bits per heavy atom. The lowest BCUT2D eigenvalue weighted by atomic mass is 9.86. The number of aromatic nitrogens is 1. The minimum Gasteiger partial charge on any atom is -0.342 e. The van der Waals surface area contributed by atoms with E-state index in [9.17, 15) is 9.59 Å². The molecule has 1 aliphatic rings. The first-order valence-electron chi connectivity index (χ1n) is 8.05. The maximum atomic E-state index is 12.5. The summed E-state index contributed by atoms with van der Waals surface area (Å²) in [5.74, 6) is 0.561. The van der Waals surface area contributed by atoms with Crippen LogP contribution in [0.5, 0.6) is 0 Å². The van der Waals surface area contributed by atoms with Crippen molar-refractivity contribution in [3.63, 3.8) is 0 Å². The smallest absolute Gasteiger partial charge is 0.228 e. The summed E-state index contributed by atoms with van der Waals surface area (Å²) >= 11 is 5.78. The zero-order valence-corrected chi connectivity index (χ0v) is 14.7. The third kappa shape index (κ3) is 4.44. The Labute approximate surface area is 142 Å². The summed E-state index contributed by atoms with van der Waals surface area (Å²) in [4.78, 5) is 30.7. The number of carbonyl (C=O) groups excluding carboxylic acids is 2. The van der Waals surface area contributed by atoms with Crippen LogP contribution in [0.3, 0.4) is 0 Å². The van der Waals surface area contributed by atoms with E-state index in [0.29, 0.717) is 36.8 Å². The molecule has 0 radical (unpaired) electrons. The minimum absolute atomic E-state index is 0.0401. The summed E-state index contributed by atoms with van der Waals surface area (Å²) in [6, 6.07) is 3.38. The SMILES string of the molecule is CCC(C)(C)C(=O)N1CCC(C(=O)Nc2ccc(Cl)cn2)CC1. The summed E-state index contributed by atoms with van der Waals surface area (Å²) in [6.45, 7) is 7.24. The maximum Gasteiger partial charge on any atom is 0.228 e. The standard InChI is InChI=1S/C17H24ClN3O2/c1-4-17(2,3)16(23)21-9-7-12(8-10-21)15(22)20-14-6-5-13(18)11-19-14/h5-6,11-12H,4,7-10H2,1-3H3,(H,19,20,22). The number of anilines is 1. The zero-order valence-electron chi connectivity index (χ0n) is 13.9. The minimum atomic E-state index is -0.331. The number of nitrogens with one attached hydrogen (secondary N) is 1. The normalized spacial score (nSPS) is 16.3. The molecule has 0 aromatic carbocycles. The molecule has 0 unspecified atom stereocenters. The molecule has 126 valence electrons. The molecule has 1 N–H and O–H groups in total. The van der Waals surface area contributed by atoms with E-state index in [4.69, 9.17) is 11.6 Å². The third-order valence-corrected chi connectivity index (χ3v) is 4.82. The topological polar surface area (TPSA) is 62.3 Å². The first-order chi connectivity index (χ1) is 10.8. The number of halogens is 1. The van der Waals surface area contributed by atoms with Crippen molar-refractivity contribution in [2.45, 2.75) is 40.0 Å². The number of pyridine rings is 1. The van der Waals surface area contributed by atoms with Gasteiger partial charge in [0, 0.05) is 30.6 Å². The van der Waals surface area contributed by atoms with E-state index in [0.717, 1.165) is 6.42 Å². The lowest BCUT2D eigenvalue weighted by Crippen LogP contribution is -2.46. The van der Waals surface area contributed by atoms with Crippen molar-refractivity contribution in [3.8, 4) is 0 Å². The summed E-state index contributed by atoms with van der Waals surface area (Å²) in [5.41, 5.74) is -0.331. The van der Waals surface area contributed by atoms with E-state index < -0.39 is 0 Å². The van der Waals surface area contributed by atoms with Crippen LogP contribution in [0, 0.1) is 11.3 Å². The number of hydrogen-bond donors (Lipinski definition) is 1. The number of rotatable bonds is 4. The fourth-order valence-electron chi connectivity index (χ4n) is 2.60. The Kier molecular flexibility index (Phi) is 5.63. The quantitative estimate of drug-likeness (QED) is 0.916. The predicted octanol–water partition coefficient (Wildman–Crippen LogP) is 3.35. The van der Waals surface area contributed by atoms with Crippen LogP contribution in [0.1, 0.15) is 40.0 Å². The molecular weight excluding hydrogens is 314 g/mol. The molecule has 1 fully saturated rings. The van der Waals surface area contributed by atoms with Crippen molar-refractivity contribution in [1.29, 1.82) is 0 Å². The fourth-order valence-corrected chi connectivity index (χ4v) is 2.71. The Morgan fingerprint density at radius 3 is 2.52 bits per heavy atom. The van der Waals surface area contributed by atoms with Gasteiger partial charge in [-0.25, -0.2) is 4.98 Å². The zero-order chi connectivity index (χ0) is 17.0. The van der Waals surface area contributed by atoms with E-state index in [2.05, 4.69) is 10.3 Å². The molecule has 1 aromatic heterocycles. The molecule has 1 aliphatic heterocycles. The third-order valence-electron chi connectivity index (χ3n) is 4.59. The first-order valence-corrected chi connectivity index (χ1v) is 8.43. The monoisotopic (exact) mass is 337 g/mol. The van der Waals surface area contributed by atoms with Gasteiger partial charge < -0.3 is 10.2 Å². The molecule has 23 heavy (non-hydrogen) atoms. The number of carbonyl (C=O) groups is 2. The molecule has 0 spiro atoms. The van der Waals surface area contributed by atoms with Gasteiger partial charge in [-0.2, -0.15) is 0 Å². The van der Waals surface area contributed by atoms with Crippen LogP contribution in [-0.4, -0.2) is 34.8 Å². The lowest BCUT2D eigenvalue weighted by molar-refractivity contribution is -0.143. The van der Waals surface area contributed by atoms with Crippen molar-refractivity contribution in [3.05, 3.63) is 23.4 Å². The van der Waals surface area contributed by atoms with Gasteiger partial charge in [-0.15, -0.1) is 0 Å². The van der Waals surface area contributed by atoms with Gasteiger partial charge in [0.15, 0.2) is 0 Å². The van der Waals surface area contributed by atoms with Crippen molar-refractivity contribution in [2.75, 3.05) is 18.4 Å². The molecule has 0 atom stereocenters. The van der Waals surface area contributed by atoms with Crippen LogP contribution in [-0.2, 0) is 9.59 Å². The second-order valence-corrected chi connectivity index (χ2v) is 7.09. The molecule has 0 bridgehead atoms. The highest BCUT2D eigenvalue weighted by molar-refractivity contribution is 6.30. The average Bonchev–Trinajstić information content (AvgIpc) is 2.56. The molecule has 2 rings (SSSR count). The maximum absolute atomic E-state index is 12.5. The van der Waals surface area contributed by atoms with Crippen LogP contribution in [0.4, 0.5) is 5.82 Å². The van der Waals surface area contributed by atoms with Gasteiger partial charge in [0.2, 0.25) is 11.8 Å². The Balaban J connectivity index is 1.87. The van der Waals surface area contributed by atoms with Gasteiger partial charge in [0.25, 0.3) is 0 Å². The summed E-state index contributed by atoms with van der Waals surface area (Å²) in [5, 5.41) is 3.35. The number of amides is 2. The molecule has 2 amide bonds. The highest BCUT2D eigenvalue weighted by atomic mass is 35.5.